The number of ether oxygens (including phenoxy) is 1. The molecule has 2 aromatic carbocycles. The molecular weight excluding hydrogens is 424 g/mol. The fraction of sp³-hybridized carbons (Fsp3) is 0.360. The molecule has 7 heteroatoms. The van der Waals surface area contributed by atoms with Gasteiger partial charge in [0.15, 0.2) is 4.90 Å². The number of hydrogen-bond donors (Lipinski definition) is 0. The van der Waals surface area contributed by atoms with E-state index in [9.17, 15) is 13.2 Å². The van der Waals surface area contributed by atoms with Gasteiger partial charge in [-0.25, -0.2) is 13.1 Å². The van der Waals surface area contributed by atoms with Gasteiger partial charge in [-0.2, -0.15) is 5.10 Å². The average Bonchev–Trinajstić information content (AvgIpc) is 3.06. The van der Waals surface area contributed by atoms with Crippen molar-refractivity contribution >= 4 is 15.8 Å². The van der Waals surface area contributed by atoms with E-state index in [1.165, 1.54) is 4.68 Å². The maximum absolute atomic E-state index is 13.6. The second kappa shape index (κ2) is 8.90. The SMILES string of the molecule is CC[C@@H](C(=O)Oc1c(S(=O)(=O)c2ccc(C)cc2)c(C)nn1C(C)(C)C)c1ccccc1. The maximum atomic E-state index is 13.6. The number of carbonyl (C=O) groups excluding carboxylic acids is 1. The Kier molecular flexibility index (Phi) is 6.60. The van der Waals surface area contributed by atoms with Crippen LogP contribution in [0.25, 0.3) is 0 Å². The Morgan fingerprint density at radius 2 is 1.62 bits per heavy atom. The second-order valence-electron chi connectivity index (χ2n) is 8.91. The predicted octanol–water partition coefficient (Wildman–Crippen LogP) is 5.19. The highest BCUT2D eigenvalue weighted by molar-refractivity contribution is 7.91. The van der Waals surface area contributed by atoms with Gasteiger partial charge in [0.2, 0.25) is 15.7 Å². The van der Waals surface area contributed by atoms with Crippen molar-refractivity contribution in [3.05, 3.63) is 71.4 Å². The highest BCUT2D eigenvalue weighted by Gasteiger charge is 2.35. The van der Waals surface area contributed by atoms with Crippen LogP contribution in [0, 0.1) is 13.8 Å². The fourth-order valence-corrected chi connectivity index (χ4v) is 5.09. The zero-order valence-electron chi connectivity index (χ0n) is 19.4. The number of benzene rings is 2. The van der Waals surface area contributed by atoms with Gasteiger partial charge < -0.3 is 4.74 Å². The Morgan fingerprint density at radius 1 is 1.03 bits per heavy atom. The molecule has 6 nitrogen and oxygen atoms in total. The van der Waals surface area contributed by atoms with Gasteiger partial charge in [0.05, 0.1) is 22.0 Å². The molecule has 0 unspecified atom stereocenters. The third kappa shape index (κ3) is 4.63. The van der Waals surface area contributed by atoms with Crippen molar-refractivity contribution in [2.24, 2.45) is 0 Å². The van der Waals surface area contributed by atoms with Crippen LogP contribution in [-0.4, -0.2) is 24.2 Å². The highest BCUT2D eigenvalue weighted by Crippen LogP contribution is 2.37. The number of hydrogen-bond acceptors (Lipinski definition) is 5. The van der Waals surface area contributed by atoms with E-state index in [1.54, 1.807) is 31.2 Å². The van der Waals surface area contributed by atoms with E-state index in [2.05, 4.69) is 5.10 Å². The summed E-state index contributed by atoms with van der Waals surface area (Å²) in [5.41, 5.74) is 1.46. The van der Waals surface area contributed by atoms with Gasteiger partial charge in [0.1, 0.15) is 0 Å². The molecule has 3 aromatic rings. The van der Waals surface area contributed by atoms with Crippen molar-refractivity contribution in [2.45, 2.75) is 69.2 Å². The van der Waals surface area contributed by atoms with E-state index < -0.39 is 27.3 Å². The molecule has 0 radical (unpaired) electrons. The molecule has 0 saturated carbocycles. The first-order valence-corrected chi connectivity index (χ1v) is 12.1. The summed E-state index contributed by atoms with van der Waals surface area (Å²) in [4.78, 5) is 13.3. The molecule has 0 amide bonds. The molecule has 0 N–H and O–H groups in total. The van der Waals surface area contributed by atoms with Crippen LogP contribution in [0.5, 0.6) is 5.88 Å². The van der Waals surface area contributed by atoms with Gasteiger partial charge >= 0.3 is 5.97 Å². The molecule has 0 aliphatic rings. The number of nitrogens with zero attached hydrogens (tertiary/aromatic N) is 2. The minimum atomic E-state index is -3.96. The molecule has 0 spiro atoms. The number of aromatic nitrogens is 2. The zero-order valence-corrected chi connectivity index (χ0v) is 20.2. The number of aryl methyl sites for hydroxylation is 2. The molecule has 170 valence electrons. The third-order valence-electron chi connectivity index (χ3n) is 5.29. The van der Waals surface area contributed by atoms with E-state index in [1.807, 2.05) is 65.0 Å². The van der Waals surface area contributed by atoms with Crippen molar-refractivity contribution < 1.29 is 17.9 Å². The smallest absolute Gasteiger partial charge is 0.320 e. The summed E-state index contributed by atoms with van der Waals surface area (Å²) in [7, 11) is -3.96. The van der Waals surface area contributed by atoms with Crippen LogP contribution in [0.1, 0.15) is 56.9 Å². The number of esters is 1. The largest absolute Gasteiger partial charge is 0.406 e. The fourth-order valence-electron chi connectivity index (χ4n) is 3.57. The van der Waals surface area contributed by atoms with Gasteiger partial charge in [0, 0.05) is 0 Å². The number of sulfone groups is 1. The van der Waals surface area contributed by atoms with Crippen molar-refractivity contribution in [1.29, 1.82) is 0 Å². The summed E-state index contributed by atoms with van der Waals surface area (Å²) in [5.74, 6) is -1.07. The van der Waals surface area contributed by atoms with Crippen molar-refractivity contribution in [3.8, 4) is 5.88 Å². The van der Waals surface area contributed by atoms with Gasteiger partial charge in [-0.05, 0) is 58.7 Å². The summed E-state index contributed by atoms with van der Waals surface area (Å²) in [6.07, 6.45) is 0.519. The quantitative estimate of drug-likeness (QED) is 0.479. The third-order valence-corrected chi connectivity index (χ3v) is 7.19. The van der Waals surface area contributed by atoms with Crippen molar-refractivity contribution in [1.82, 2.24) is 9.78 Å². The average molecular weight is 455 g/mol. The zero-order chi connectivity index (χ0) is 23.7. The molecule has 0 bridgehead atoms. The molecule has 0 fully saturated rings. The second-order valence-corrected chi connectivity index (χ2v) is 10.8. The lowest BCUT2D eigenvalue weighted by molar-refractivity contribution is -0.137. The van der Waals surface area contributed by atoms with E-state index in [4.69, 9.17) is 4.74 Å². The lowest BCUT2D eigenvalue weighted by Gasteiger charge is -2.23. The van der Waals surface area contributed by atoms with E-state index in [0.717, 1.165) is 11.1 Å². The standard InChI is InChI=1S/C25H30N2O4S/c1-7-21(19-11-9-8-10-12-19)24(28)31-23-22(18(3)26-27(23)25(4,5)6)32(29,30)20-15-13-17(2)14-16-20/h8-16,21H,7H2,1-6H3/t21-/m1/s1. The first-order valence-electron chi connectivity index (χ1n) is 10.6. The van der Waals surface area contributed by atoms with E-state index in [-0.39, 0.29) is 21.4 Å². The molecular formula is C25H30N2O4S. The molecule has 3 rings (SSSR count). The molecule has 1 aromatic heterocycles. The molecule has 1 heterocycles. The summed E-state index contributed by atoms with van der Waals surface area (Å²) < 4.78 is 34.5. The van der Waals surface area contributed by atoms with Crippen LogP contribution in [0.15, 0.2) is 64.4 Å². The lowest BCUT2D eigenvalue weighted by Crippen LogP contribution is -2.27. The van der Waals surface area contributed by atoms with Crippen molar-refractivity contribution in [3.63, 3.8) is 0 Å². The van der Waals surface area contributed by atoms with Crippen LogP contribution in [-0.2, 0) is 20.2 Å². The highest BCUT2D eigenvalue weighted by atomic mass is 32.2. The summed E-state index contributed by atoms with van der Waals surface area (Å²) in [5, 5.41) is 4.46. The van der Waals surface area contributed by atoms with E-state index >= 15 is 0 Å². The molecule has 0 saturated heterocycles. The molecule has 32 heavy (non-hydrogen) atoms. The van der Waals surface area contributed by atoms with Gasteiger partial charge in [-0.3, -0.25) is 4.79 Å². The Morgan fingerprint density at radius 3 is 2.16 bits per heavy atom. The first kappa shape index (κ1) is 23.7. The maximum Gasteiger partial charge on any atom is 0.320 e. The van der Waals surface area contributed by atoms with Gasteiger partial charge in [-0.15, -0.1) is 0 Å². The Labute approximate surface area is 190 Å². The van der Waals surface area contributed by atoms with Crippen LogP contribution in [0.2, 0.25) is 0 Å². The summed E-state index contributed by atoms with van der Waals surface area (Å²) in [6, 6.07) is 15.9. The van der Waals surface area contributed by atoms with E-state index in [0.29, 0.717) is 6.42 Å². The Bertz CT molecular complexity index is 1210. The normalized spacial score (nSPS) is 13.1. The lowest BCUT2D eigenvalue weighted by atomic mass is 9.97. The minimum Gasteiger partial charge on any atom is -0.406 e. The van der Waals surface area contributed by atoms with Crippen molar-refractivity contribution in [2.75, 3.05) is 0 Å². The molecule has 1 atom stereocenters. The number of rotatable bonds is 6. The Balaban J connectivity index is 2.14. The molecule has 0 aliphatic heterocycles. The topological polar surface area (TPSA) is 78.3 Å². The predicted molar refractivity (Wildman–Crippen MR) is 124 cm³/mol. The van der Waals surface area contributed by atoms with Crippen LogP contribution < -0.4 is 4.74 Å². The summed E-state index contributed by atoms with van der Waals surface area (Å²) >= 11 is 0. The minimum absolute atomic E-state index is 0.0463. The van der Waals surface area contributed by atoms with Crippen LogP contribution in [0.3, 0.4) is 0 Å². The van der Waals surface area contributed by atoms with Crippen LogP contribution in [0.4, 0.5) is 0 Å². The Hall–Kier alpha value is -2.93. The van der Waals surface area contributed by atoms with Crippen LogP contribution >= 0.6 is 0 Å². The summed E-state index contributed by atoms with van der Waals surface area (Å²) in [6.45, 7) is 11.1. The first-order chi connectivity index (χ1) is 15.0. The monoisotopic (exact) mass is 454 g/mol. The van der Waals surface area contributed by atoms with Gasteiger partial charge in [0.25, 0.3) is 0 Å². The molecule has 0 aliphatic carbocycles. The van der Waals surface area contributed by atoms with Gasteiger partial charge in [-0.1, -0.05) is 55.0 Å². The number of carbonyl (C=O) groups is 1.